The molecule has 1 saturated heterocycles. The van der Waals surface area contributed by atoms with Crippen LogP contribution >= 0.6 is 0 Å². The Morgan fingerprint density at radius 1 is 1.40 bits per heavy atom. The van der Waals surface area contributed by atoms with E-state index in [-0.39, 0.29) is 0 Å². The quantitative estimate of drug-likeness (QED) is 0.698. The largest absolute Gasteiger partial charge is 0.313 e. The standard InChI is InChI=1S/C13H28N2/c1-4-7-12(3)14-9-11-15-10-6-8-13(15)5-2/h12-14H,4-11H2,1-3H3. The Morgan fingerprint density at radius 2 is 2.20 bits per heavy atom. The van der Waals surface area contributed by atoms with Crippen LogP contribution < -0.4 is 5.32 Å². The van der Waals surface area contributed by atoms with Crippen LogP contribution in [-0.4, -0.2) is 36.6 Å². The van der Waals surface area contributed by atoms with Gasteiger partial charge in [0.1, 0.15) is 0 Å². The lowest BCUT2D eigenvalue weighted by molar-refractivity contribution is 0.244. The van der Waals surface area contributed by atoms with E-state index in [1.165, 1.54) is 45.2 Å². The fourth-order valence-electron chi connectivity index (χ4n) is 2.64. The summed E-state index contributed by atoms with van der Waals surface area (Å²) in [6, 6.07) is 1.56. The van der Waals surface area contributed by atoms with Crippen molar-refractivity contribution in [3.05, 3.63) is 0 Å². The molecule has 1 rings (SSSR count). The van der Waals surface area contributed by atoms with Gasteiger partial charge in [-0.1, -0.05) is 20.3 Å². The molecule has 2 nitrogen and oxygen atoms in total. The molecule has 1 aliphatic rings. The van der Waals surface area contributed by atoms with E-state index in [0.717, 1.165) is 12.6 Å². The van der Waals surface area contributed by atoms with E-state index in [0.29, 0.717) is 6.04 Å². The van der Waals surface area contributed by atoms with E-state index in [4.69, 9.17) is 0 Å². The van der Waals surface area contributed by atoms with Crippen LogP contribution in [0.15, 0.2) is 0 Å². The van der Waals surface area contributed by atoms with Crippen molar-refractivity contribution in [1.29, 1.82) is 0 Å². The van der Waals surface area contributed by atoms with Crippen LogP contribution in [-0.2, 0) is 0 Å². The van der Waals surface area contributed by atoms with Crippen molar-refractivity contribution in [1.82, 2.24) is 10.2 Å². The zero-order valence-corrected chi connectivity index (χ0v) is 10.8. The van der Waals surface area contributed by atoms with Crippen molar-refractivity contribution in [2.75, 3.05) is 19.6 Å². The normalized spacial score (nSPS) is 24.6. The predicted molar refractivity (Wildman–Crippen MR) is 67.3 cm³/mol. The Balaban J connectivity index is 2.08. The van der Waals surface area contributed by atoms with Gasteiger partial charge in [-0.05, 0) is 39.2 Å². The molecule has 0 saturated carbocycles. The smallest absolute Gasteiger partial charge is 0.0110 e. The fourth-order valence-corrected chi connectivity index (χ4v) is 2.64. The van der Waals surface area contributed by atoms with Crippen molar-refractivity contribution in [2.45, 2.75) is 65.0 Å². The van der Waals surface area contributed by atoms with Gasteiger partial charge in [0, 0.05) is 25.2 Å². The van der Waals surface area contributed by atoms with Gasteiger partial charge in [-0.25, -0.2) is 0 Å². The second-order valence-corrected chi connectivity index (χ2v) is 4.88. The summed E-state index contributed by atoms with van der Waals surface area (Å²) in [5.74, 6) is 0. The molecule has 2 atom stereocenters. The molecule has 0 spiro atoms. The van der Waals surface area contributed by atoms with E-state index >= 15 is 0 Å². The Morgan fingerprint density at radius 3 is 2.87 bits per heavy atom. The number of nitrogens with one attached hydrogen (secondary N) is 1. The highest BCUT2D eigenvalue weighted by Gasteiger charge is 2.21. The summed E-state index contributed by atoms with van der Waals surface area (Å²) in [5, 5.41) is 3.61. The van der Waals surface area contributed by atoms with E-state index in [2.05, 4.69) is 31.0 Å². The third-order valence-electron chi connectivity index (χ3n) is 3.58. The molecule has 0 aromatic heterocycles. The van der Waals surface area contributed by atoms with E-state index in [9.17, 15) is 0 Å². The fraction of sp³-hybridized carbons (Fsp3) is 1.00. The Bertz CT molecular complexity index is 159. The Labute approximate surface area is 95.4 Å². The molecule has 0 aromatic carbocycles. The third kappa shape index (κ3) is 4.52. The first-order valence-electron chi connectivity index (χ1n) is 6.75. The molecule has 0 radical (unpaired) electrons. The number of likely N-dealkylation sites (tertiary alicyclic amines) is 1. The van der Waals surface area contributed by atoms with Gasteiger partial charge in [0.25, 0.3) is 0 Å². The molecule has 1 fully saturated rings. The molecule has 0 bridgehead atoms. The average molecular weight is 212 g/mol. The van der Waals surface area contributed by atoms with Crippen LogP contribution in [0, 0.1) is 0 Å². The second kappa shape index (κ2) is 7.24. The van der Waals surface area contributed by atoms with Gasteiger partial charge in [-0.15, -0.1) is 0 Å². The lowest BCUT2D eigenvalue weighted by atomic mass is 10.2. The Hall–Kier alpha value is -0.0800. The van der Waals surface area contributed by atoms with Gasteiger partial charge >= 0.3 is 0 Å². The molecule has 90 valence electrons. The van der Waals surface area contributed by atoms with Crippen LogP contribution in [0.3, 0.4) is 0 Å². The highest BCUT2D eigenvalue weighted by Crippen LogP contribution is 2.18. The van der Waals surface area contributed by atoms with Crippen LogP contribution in [0.25, 0.3) is 0 Å². The van der Waals surface area contributed by atoms with Gasteiger partial charge < -0.3 is 5.32 Å². The van der Waals surface area contributed by atoms with Crippen molar-refractivity contribution < 1.29 is 0 Å². The maximum atomic E-state index is 3.61. The first kappa shape index (κ1) is 13.0. The summed E-state index contributed by atoms with van der Waals surface area (Å²) in [5.41, 5.74) is 0. The monoisotopic (exact) mass is 212 g/mol. The highest BCUT2D eigenvalue weighted by atomic mass is 15.2. The average Bonchev–Trinajstić information content (AvgIpc) is 2.66. The minimum absolute atomic E-state index is 0.692. The number of rotatable bonds is 7. The number of nitrogens with zero attached hydrogens (tertiary/aromatic N) is 1. The zero-order valence-electron chi connectivity index (χ0n) is 10.8. The lowest BCUT2D eigenvalue weighted by Crippen LogP contribution is -2.38. The van der Waals surface area contributed by atoms with Crippen LogP contribution in [0.2, 0.25) is 0 Å². The summed E-state index contributed by atoms with van der Waals surface area (Å²) in [4.78, 5) is 2.66. The molecule has 1 N–H and O–H groups in total. The van der Waals surface area contributed by atoms with Gasteiger partial charge in [0.05, 0.1) is 0 Å². The first-order valence-corrected chi connectivity index (χ1v) is 6.75. The molecule has 1 aliphatic heterocycles. The maximum absolute atomic E-state index is 3.61. The summed E-state index contributed by atoms with van der Waals surface area (Å²) in [7, 11) is 0. The molecular weight excluding hydrogens is 184 g/mol. The molecule has 2 heteroatoms. The van der Waals surface area contributed by atoms with Crippen molar-refractivity contribution in [2.24, 2.45) is 0 Å². The van der Waals surface area contributed by atoms with Gasteiger partial charge in [0.15, 0.2) is 0 Å². The number of hydrogen-bond acceptors (Lipinski definition) is 2. The third-order valence-corrected chi connectivity index (χ3v) is 3.58. The predicted octanol–water partition coefficient (Wildman–Crippen LogP) is 2.64. The molecule has 1 heterocycles. The summed E-state index contributed by atoms with van der Waals surface area (Å²) >= 11 is 0. The van der Waals surface area contributed by atoms with Crippen molar-refractivity contribution in [3.8, 4) is 0 Å². The molecule has 2 unspecified atom stereocenters. The zero-order chi connectivity index (χ0) is 11.1. The van der Waals surface area contributed by atoms with Gasteiger partial charge in [-0.3, -0.25) is 4.90 Å². The van der Waals surface area contributed by atoms with E-state index in [1.54, 1.807) is 0 Å². The minimum Gasteiger partial charge on any atom is -0.313 e. The van der Waals surface area contributed by atoms with Crippen LogP contribution in [0.4, 0.5) is 0 Å². The van der Waals surface area contributed by atoms with E-state index < -0.39 is 0 Å². The second-order valence-electron chi connectivity index (χ2n) is 4.88. The summed E-state index contributed by atoms with van der Waals surface area (Å²) < 4.78 is 0. The molecule has 15 heavy (non-hydrogen) atoms. The van der Waals surface area contributed by atoms with Gasteiger partial charge in [-0.2, -0.15) is 0 Å². The van der Waals surface area contributed by atoms with Crippen LogP contribution in [0.5, 0.6) is 0 Å². The SMILES string of the molecule is CCCC(C)NCCN1CCCC1CC. The number of hydrogen-bond donors (Lipinski definition) is 1. The molecule has 0 aliphatic carbocycles. The van der Waals surface area contributed by atoms with Crippen molar-refractivity contribution in [3.63, 3.8) is 0 Å². The maximum Gasteiger partial charge on any atom is 0.0110 e. The van der Waals surface area contributed by atoms with Crippen molar-refractivity contribution >= 4 is 0 Å². The summed E-state index contributed by atoms with van der Waals surface area (Å²) in [6.07, 6.45) is 6.74. The van der Waals surface area contributed by atoms with Crippen LogP contribution in [0.1, 0.15) is 52.9 Å². The first-order chi connectivity index (χ1) is 7.27. The lowest BCUT2D eigenvalue weighted by Gasteiger charge is -2.24. The minimum atomic E-state index is 0.692. The molecule has 0 amide bonds. The topological polar surface area (TPSA) is 15.3 Å². The van der Waals surface area contributed by atoms with E-state index in [1.807, 2.05) is 0 Å². The highest BCUT2D eigenvalue weighted by molar-refractivity contribution is 4.78. The Kier molecular flexibility index (Phi) is 6.26. The molecule has 0 aromatic rings. The summed E-state index contributed by atoms with van der Waals surface area (Å²) in [6.45, 7) is 10.6. The molecular formula is C13H28N2. The van der Waals surface area contributed by atoms with Gasteiger partial charge in [0.2, 0.25) is 0 Å².